The summed E-state index contributed by atoms with van der Waals surface area (Å²) < 4.78 is 12.6. The number of carboxylic acid groups (broad SMARTS) is 1. The Morgan fingerprint density at radius 3 is 2.69 bits per heavy atom. The fraction of sp³-hybridized carbons (Fsp3) is 0. The number of halogens is 1. The molecule has 4 nitrogen and oxygen atoms in total. The van der Waals surface area contributed by atoms with E-state index in [4.69, 9.17) is 5.11 Å². The van der Waals surface area contributed by atoms with Gasteiger partial charge >= 0.3 is 5.97 Å². The zero-order valence-corrected chi connectivity index (χ0v) is 8.79. The molecule has 0 unspecified atom stereocenters. The van der Waals surface area contributed by atoms with E-state index in [1.54, 1.807) is 0 Å². The zero-order valence-electron chi connectivity index (χ0n) is 7.98. The monoisotopic (exact) mass is 238 g/mol. The molecule has 0 bridgehead atoms. The summed E-state index contributed by atoms with van der Waals surface area (Å²) in [6, 6.07) is 5.65. The van der Waals surface area contributed by atoms with Crippen LogP contribution in [-0.4, -0.2) is 16.1 Å². The lowest BCUT2D eigenvalue weighted by atomic mass is 10.3. The molecule has 1 aromatic heterocycles. The first kappa shape index (κ1) is 10.6. The third-order valence-electron chi connectivity index (χ3n) is 1.87. The predicted molar refractivity (Wildman–Crippen MR) is 58.8 cm³/mol. The first-order valence-electron chi connectivity index (χ1n) is 4.36. The molecule has 1 heterocycles. The quantitative estimate of drug-likeness (QED) is 0.863. The number of carbonyl (C=O) groups is 1. The normalized spacial score (nSPS) is 10.1. The highest BCUT2D eigenvalue weighted by Gasteiger charge is 2.13. The molecule has 0 fully saturated rings. The van der Waals surface area contributed by atoms with Gasteiger partial charge in [0.15, 0.2) is 5.69 Å². The van der Waals surface area contributed by atoms with Crippen molar-refractivity contribution in [3.05, 3.63) is 41.3 Å². The number of benzene rings is 1. The van der Waals surface area contributed by atoms with E-state index < -0.39 is 5.97 Å². The molecule has 0 spiro atoms. The number of hydrogen-bond donors (Lipinski definition) is 2. The average Bonchev–Trinajstić information content (AvgIpc) is 2.69. The van der Waals surface area contributed by atoms with E-state index >= 15 is 0 Å². The molecule has 2 aromatic rings. The number of rotatable bonds is 3. The standard InChI is InChI=1S/C10H7FN2O2S/c11-6-1-3-7(4-2-6)13-9-8(10(14)15)12-5-16-9/h1-5,13H,(H,14,15). The van der Waals surface area contributed by atoms with Gasteiger partial charge in [-0.1, -0.05) is 0 Å². The summed E-state index contributed by atoms with van der Waals surface area (Å²) in [4.78, 5) is 14.5. The minimum Gasteiger partial charge on any atom is -0.476 e. The van der Waals surface area contributed by atoms with E-state index in [1.807, 2.05) is 0 Å². The number of aromatic nitrogens is 1. The second-order valence-corrected chi connectivity index (χ2v) is 3.82. The largest absolute Gasteiger partial charge is 0.476 e. The summed E-state index contributed by atoms with van der Waals surface area (Å²) >= 11 is 1.18. The number of hydrogen-bond acceptors (Lipinski definition) is 4. The van der Waals surface area contributed by atoms with Gasteiger partial charge < -0.3 is 10.4 Å². The van der Waals surface area contributed by atoms with Gasteiger partial charge in [-0.3, -0.25) is 0 Å². The van der Waals surface area contributed by atoms with E-state index in [-0.39, 0.29) is 11.5 Å². The predicted octanol–water partition coefficient (Wildman–Crippen LogP) is 2.72. The molecular formula is C10H7FN2O2S. The van der Waals surface area contributed by atoms with Crippen LogP contribution in [0.5, 0.6) is 0 Å². The van der Waals surface area contributed by atoms with Crippen LogP contribution in [0.3, 0.4) is 0 Å². The molecule has 2 rings (SSSR count). The van der Waals surface area contributed by atoms with Crippen molar-refractivity contribution in [2.75, 3.05) is 5.32 Å². The van der Waals surface area contributed by atoms with Gasteiger partial charge in [-0.25, -0.2) is 14.2 Å². The number of thiazole rings is 1. The molecule has 0 aliphatic heterocycles. The Labute approximate surface area is 94.4 Å². The van der Waals surface area contributed by atoms with Crippen LogP contribution in [-0.2, 0) is 0 Å². The molecule has 0 aliphatic rings. The minimum atomic E-state index is -1.09. The van der Waals surface area contributed by atoms with Crippen LogP contribution >= 0.6 is 11.3 Å². The Hall–Kier alpha value is -1.95. The molecule has 0 atom stereocenters. The average molecular weight is 238 g/mol. The summed E-state index contributed by atoms with van der Waals surface area (Å²) in [6.45, 7) is 0. The molecule has 0 radical (unpaired) electrons. The van der Waals surface area contributed by atoms with Crippen molar-refractivity contribution in [3.8, 4) is 0 Å². The van der Waals surface area contributed by atoms with E-state index in [2.05, 4.69) is 10.3 Å². The van der Waals surface area contributed by atoms with Crippen molar-refractivity contribution in [2.45, 2.75) is 0 Å². The van der Waals surface area contributed by atoms with Crippen LogP contribution in [0.1, 0.15) is 10.5 Å². The van der Waals surface area contributed by atoms with Crippen molar-refractivity contribution in [1.29, 1.82) is 0 Å². The summed E-state index contributed by atoms with van der Waals surface area (Å²) in [5.74, 6) is -1.43. The van der Waals surface area contributed by atoms with Crippen LogP contribution in [0.15, 0.2) is 29.8 Å². The fourth-order valence-corrected chi connectivity index (χ4v) is 1.84. The Kier molecular flexibility index (Phi) is 2.82. The Morgan fingerprint density at radius 1 is 1.38 bits per heavy atom. The second kappa shape index (κ2) is 4.28. The van der Waals surface area contributed by atoms with Crippen LogP contribution in [0.2, 0.25) is 0 Å². The van der Waals surface area contributed by atoms with Gasteiger partial charge in [0.05, 0.1) is 5.51 Å². The summed E-state index contributed by atoms with van der Waals surface area (Å²) in [7, 11) is 0. The zero-order chi connectivity index (χ0) is 11.5. The summed E-state index contributed by atoms with van der Waals surface area (Å²) in [5, 5.41) is 12.1. The number of anilines is 2. The number of nitrogens with one attached hydrogen (secondary N) is 1. The van der Waals surface area contributed by atoms with Crippen molar-refractivity contribution in [2.24, 2.45) is 0 Å². The molecule has 0 amide bonds. The molecule has 1 aromatic carbocycles. The van der Waals surface area contributed by atoms with Crippen molar-refractivity contribution in [1.82, 2.24) is 4.98 Å². The molecule has 82 valence electrons. The first-order chi connectivity index (χ1) is 7.66. The lowest BCUT2D eigenvalue weighted by molar-refractivity contribution is 0.0692. The van der Waals surface area contributed by atoms with Gasteiger partial charge in [-0.2, -0.15) is 0 Å². The van der Waals surface area contributed by atoms with E-state index in [9.17, 15) is 9.18 Å². The smallest absolute Gasteiger partial charge is 0.357 e. The molecular weight excluding hydrogens is 231 g/mol. The van der Waals surface area contributed by atoms with Gasteiger partial charge in [0.25, 0.3) is 0 Å². The van der Waals surface area contributed by atoms with E-state index in [0.717, 1.165) is 0 Å². The van der Waals surface area contributed by atoms with Crippen molar-refractivity contribution < 1.29 is 14.3 Å². The van der Waals surface area contributed by atoms with E-state index in [1.165, 1.54) is 41.1 Å². The van der Waals surface area contributed by atoms with Gasteiger partial charge in [-0.05, 0) is 24.3 Å². The fourth-order valence-electron chi connectivity index (χ4n) is 1.15. The summed E-state index contributed by atoms with van der Waals surface area (Å²) in [5.41, 5.74) is 2.03. The highest BCUT2D eigenvalue weighted by Crippen LogP contribution is 2.24. The maximum absolute atomic E-state index is 12.6. The lowest BCUT2D eigenvalue weighted by Gasteiger charge is -2.03. The second-order valence-electron chi connectivity index (χ2n) is 2.97. The van der Waals surface area contributed by atoms with Gasteiger partial charge in [0, 0.05) is 5.69 Å². The Morgan fingerprint density at radius 2 is 2.06 bits per heavy atom. The van der Waals surface area contributed by atoms with Gasteiger partial charge in [0.2, 0.25) is 0 Å². The maximum atomic E-state index is 12.6. The molecule has 2 N–H and O–H groups in total. The first-order valence-corrected chi connectivity index (χ1v) is 5.24. The van der Waals surface area contributed by atoms with E-state index in [0.29, 0.717) is 10.7 Å². The molecule has 0 aliphatic carbocycles. The number of aromatic carboxylic acids is 1. The SMILES string of the molecule is O=C(O)c1ncsc1Nc1ccc(F)cc1. The minimum absolute atomic E-state index is 0.0330. The molecule has 6 heteroatoms. The third-order valence-corrected chi connectivity index (χ3v) is 2.61. The molecule has 16 heavy (non-hydrogen) atoms. The maximum Gasteiger partial charge on any atom is 0.357 e. The highest BCUT2D eigenvalue weighted by molar-refractivity contribution is 7.14. The van der Waals surface area contributed by atoms with Crippen LogP contribution in [0, 0.1) is 5.82 Å². The third kappa shape index (κ3) is 2.17. The molecule has 0 saturated heterocycles. The highest BCUT2D eigenvalue weighted by atomic mass is 32.1. The lowest BCUT2D eigenvalue weighted by Crippen LogP contribution is -2.00. The van der Waals surface area contributed by atoms with Crippen LogP contribution in [0.25, 0.3) is 0 Å². The van der Waals surface area contributed by atoms with Crippen molar-refractivity contribution >= 4 is 28.0 Å². The number of nitrogens with zero attached hydrogens (tertiary/aromatic N) is 1. The van der Waals surface area contributed by atoms with Crippen molar-refractivity contribution in [3.63, 3.8) is 0 Å². The van der Waals surface area contributed by atoms with Gasteiger partial charge in [0.1, 0.15) is 10.8 Å². The topological polar surface area (TPSA) is 62.2 Å². The van der Waals surface area contributed by atoms with Crippen LogP contribution < -0.4 is 5.32 Å². The summed E-state index contributed by atoms with van der Waals surface area (Å²) in [6.07, 6.45) is 0. The Bertz CT molecular complexity index is 510. The number of carboxylic acids is 1. The molecule has 0 saturated carbocycles. The Balaban J connectivity index is 2.23. The van der Waals surface area contributed by atoms with Gasteiger partial charge in [-0.15, -0.1) is 11.3 Å². The van der Waals surface area contributed by atoms with Crippen LogP contribution in [0.4, 0.5) is 15.1 Å².